The Morgan fingerprint density at radius 2 is 1.56 bits per heavy atom. The zero-order valence-corrected chi connectivity index (χ0v) is 18.6. The Morgan fingerprint density at radius 1 is 0.941 bits per heavy atom. The normalized spacial score (nSPS) is 19.6. The first kappa shape index (κ1) is 24.4. The van der Waals surface area contributed by atoms with Crippen molar-refractivity contribution in [2.75, 3.05) is 38.1 Å². The van der Waals surface area contributed by atoms with Crippen molar-refractivity contribution in [3.63, 3.8) is 0 Å². The molecule has 1 heterocycles. The van der Waals surface area contributed by atoms with Crippen molar-refractivity contribution >= 4 is 11.6 Å². The molecule has 0 unspecified atom stereocenters. The second-order valence-corrected chi connectivity index (χ2v) is 8.91. The fourth-order valence-corrected chi connectivity index (χ4v) is 4.59. The lowest BCUT2D eigenvalue weighted by Crippen LogP contribution is -2.45. The van der Waals surface area contributed by atoms with Gasteiger partial charge in [0.05, 0.1) is 11.1 Å². The second kappa shape index (κ2) is 9.13. The topological polar surface area (TPSA) is 35.6 Å². The number of benzene rings is 2. The smallest absolute Gasteiger partial charge is 0.369 e. The number of nitrogens with one attached hydrogen (secondary N) is 1. The summed E-state index contributed by atoms with van der Waals surface area (Å²) in [5.41, 5.74) is -0.357. The summed E-state index contributed by atoms with van der Waals surface area (Å²) in [6, 6.07) is 6.61. The quantitative estimate of drug-likeness (QED) is 0.637. The maximum Gasteiger partial charge on any atom is 0.416 e. The Morgan fingerprint density at radius 3 is 2.15 bits per heavy atom. The van der Waals surface area contributed by atoms with Crippen LogP contribution in [0.25, 0.3) is 0 Å². The van der Waals surface area contributed by atoms with Crippen molar-refractivity contribution in [3.05, 3.63) is 64.2 Å². The SMILES string of the molecule is CN1CCN(c2cccc3c2C[C@H](NC(=O)c2cc(C(F)(F)F)cc(C(F)(F)F)c2)CC3)CC1. The fraction of sp³-hybridized carbons (Fsp3) is 0.458. The Hall–Kier alpha value is -2.75. The first-order chi connectivity index (χ1) is 15.9. The molecule has 1 fully saturated rings. The van der Waals surface area contributed by atoms with Gasteiger partial charge in [0.1, 0.15) is 0 Å². The number of alkyl halides is 6. The maximum atomic E-state index is 13.2. The number of aryl methyl sites for hydroxylation is 1. The van der Waals surface area contributed by atoms with Crippen LogP contribution in [0.15, 0.2) is 36.4 Å². The molecule has 0 bridgehead atoms. The van der Waals surface area contributed by atoms with Gasteiger partial charge in [0.2, 0.25) is 0 Å². The van der Waals surface area contributed by atoms with Crippen molar-refractivity contribution < 1.29 is 31.1 Å². The van der Waals surface area contributed by atoms with E-state index in [1.165, 1.54) is 0 Å². The maximum absolute atomic E-state index is 13.2. The molecule has 34 heavy (non-hydrogen) atoms. The highest BCUT2D eigenvalue weighted by Crippen LogP contribution is 2.37. The van der Waals surface area contributed by atoms with Gasteiger partial charge < -0.3 is 15.1 Å². The number of fused-ring (bicyclic) bond motifs is 1. The average molecular weight is 485 g/mol. The van der Waals surface area contributed by atoms with Gasteiger partial charge in [-0.2, -0.15) is 26.3 Å². The predicted molar refractivity (Wildman–Crippen MR) is 116 cm³/mol. The Kier molecular flexibility index (Phi) is 6.54. The number of piperazine rings is 1. The molecule has 0 saturated carbocycles. The van der Waals surface area contributed by atoms with Gasteiger partial charge in [-0.15, -0.1) is 0 Å². The van der Waals surface area contributed by atoms with Gasteiger partial charge in [0, 0.05) is 43.5 Å². The molecule has 184 valence electrons. The summed E-state index contributed by atoms with van der Waals surface area (Å²) < 4.78 is 79.0. The molecule has 0 spiro atoms. The van der Waals surface area contributed by atoms with Crippen molar-refractivity contribution in [2.45, 2.75) is 37.7 Å². The van der Waals surface area contributed by atoms with Gasteiger partial charge in [-0.25, -0.2) is 0 Å². The van der Waals surface area contributed by atoms with Crippen LogP contribution in [0.5, 0.6) is 0 Å². The largest absolute Gasteiger partial charge is 0.416 e. The van der Waals surface area contributed by atoms with Crippen LogP contribution in [-0.2, 0) is 25.2 Å². The zero-order valence-electron chi connectivity index (χ0n) is 18.6. The number of hydrogen-bond donors (Lipinski definition) is 1. The van der Waals surface area contributed by atoms with Crippen LogP contribution in [0.4, 0.5) is 32.0 Å². The highest BCUT2D eigenvalue weighted by atomic mass is 19.4. The van der Waals surface area contributed by atoms with E-state index in [4.69, 9.17) is 0 Å². The number of rotatable bonds is 3. The summed E-state index contributed by atoms with van der Waals surface area (Å²) in [5, 5.41) is 2.67. The molecule has 2 aliphatic rings. The highest BCUT2D eigenvalue weighted by Gasteiger charge is 2.38. The molecule has 2 aromatic carbocycles. The molecule has 1 saturated heterocycles. The number of amides is 1. The molecule has 1 aliphatic carbocycles. The summed E-state index contributed by atoms with van der Waals surface area (Å²) in [7, 11) is 2.06. The third-order valence-electron chi connectivity index (χ3n) is 6.49. The number of nitrogens with zero attached hydrogens (tertiary/aromatic N) is 2. The van der Waals surface area contributed by atoms with Crippen LogP contribution in [0.2, 0.25) is 0 Å². The molecule has 10 heteroatoms. The number of halogens is 6. The monoisotopic (exact) mass is 485 g/mol. The summed E-state index contributed by atoms with van der Waals surface area (Å²) in [5.74, 6) is -0.942. The fourth-order valence-electron chi connectivity index (χ4n) is 4.59. The molecule has 0 radical (unpaired) electrons. The van der Waals surface area contributed by atoms with Gasteiger partial charge in [-0.1, -0.05) is 12.1 Å². The molecule has 0 aromatic heterocycles. The van der Waals surface area contributed by atoms with E-state index in [0.29, 0.717) is 31.4 Å². The lowest BCUT2D eigenvalue weighted by molar-refractivity contribution is -0.143. The van der Waals surface area contributed by atoms with E-state index in [1.807, 2.05) is 18.2 Å². The Bertz CT molecular complexity index is 1030. The first-order valence-electron chi connectivity index (χ1n) is 11.1. The van der Waals surface area contributed by atoms with Gasteiger partial charge >= 0.3 is 12.4 Å². The molecule has 1 amide bonds. The van der Waals surface area contributed by atoms with Crippen LogP contribution >= 0.6 is 0 Å². The average Bonchev–Trinajstić information content (AvgIpc) is 2.78. The minimum absolute atomic E-state index is 0.0238. The number of carbonyl (C=O) groups excluding carboxylic acids is 1. The van der Waals surface area contributed by atoms with E-state index in [9.17, 15) is 31.1 Å². The standard InChI is InChI=1S/C24H25F6N3O/c1-32-7-9-33(10-8-32)21-4-2-3-15-5-6-19(14-20(15)21)31-22(34)16-11-17(23(25,26)27)13-18(12-16)24(28,29)30/h2-4,11-13,19H,5-10,14H2,1H3,(H,31,34)/t19-/m1/s1. The number of carbonyl (C=O) groups is 1. The van der Waals surface area contributed by atoms with E-state index >= 15 is 0 Å². The lowest BCUT2D eigenvalue weighted by Gasteiger charge is -2.37. The summed E-state index contributed by atoms with van der Waals surface area (Å²) >= 11 is 0. The van der Waals surface area contributed by atoms with Crippen molar-refractivity contribution in [1.29, 1.82) is 0 Å². The molecule has 2 aromatic rings. The Labute approximate surface area is 193 Å². The highest BCUT2D eigenvalue weighted by molar-refractivity contribution is 5.95. The van der Waals surface area contributed by atoms with Crippen molar-refractivity contribution in [2.24, 2.45) is 0 Å². The first-order valence-corrected chi connectivity index (χ1v) is 11.1. The molecular formula is C24H25F6N3O. The van der Waals surface area contributed by atoms with E-state index in [1.54, 1.807) is 0 Å². The molecule has 1 aliphatic heterocycles. The molecule has 4 rings (SSSR count). The second-order valence-electron chi connectivity index (χ2n) is 8.91. The van der Waals surface area contributed by atoms with Gasteiger partial charge in [0.15, 0.2) is 0 Å². The molecular weight excluding hydrogens is 460 g/mol. The van der Waals surface area contributed by atoms with Crippen LogP contribution in [0.1, 0.15) is 39.0 Å². The lowest BCUT2D eigenvalue weighted by atomic mass is 9.86. The van der Waals surface area contributed by atoms with Gasteiger partial charge in [-0.05, 0) is 61.7 Å². The van der Waals surface area contributed by atoms with E-state index in [0.717, 1.165) is 43.0 Å². The van der Waals surface area contributed by atoms with Crippen molar-refractivity contribution in [1.82, 2.24) is 10.2 Å². The molecule has 1 atom stereocenters. The zero-order chi connectivity index (χ0) is 24.7. The number of likely N-dealkylation sites (N-methyl/N-ethyl adjacent to an activating group) is 1. The van der Waals surface area contributed by atoms with E-state index < -0.39 is 41.0 Å². The van der Waals surface area contributed by atoms with Gasteiger partial charge in [0.25, 0.3) is 5.91 Å². The number of anilines is 1. The molecule has 4 nitrogen and oxygen atoms in total. The minimum Gasteiger partial charge on any atom is -0.369 e. The number of hydrogen-bond acceptors (Lipinski definition) is 3. The van der Waals surface area contributed by atoms with Gasteiger partial charge in [-0.3, -0.25) is 4.79 Å². The summed E-state index contributed by atoms with van der Waals surface area (Å²) in [4.78, 5) is 17.3. The Balaban J connectivity index is 1.55. The summed E-state index contributed by atoms with van der Waals surface area (Å²) in [6.45, 7) is 3.55. The van der Waals surface area contributed by atoms with E-state index in [-0.39, 0.29) is 6.07 Å². The predicted octanol–water partition coefficient (Wildman–Crippen LogP) is 4.76. The van der Waals surface area contributed by atoms with Crippen LogP contribution in [0, 0.1) is 0 Å². The molecule has 1 N–H and O–H groups in total. The van der Waals surface area contributed by atoms with Crippen LogP contribution < -0.4 is 10.2 Å². The summed E-state index contributed by atoms with van der Waals surface area (Å²) in [6.07, 6.45) is -8.32. The van der Waals surface area contributed by atoms with Crippen LogP contribution in [-0.4, -0.2) is 50.1 Å². The minimum atomic E-state index is -5.00. The third-order valence-corrected chi connectivity index (χ3v) is 6.49. The van der Waals surface area contributed by atoms with Crippen molar-refractivity contribution in [3.8, 4) is 0 Å². The van der Waals surface area contributed by atoms with Crippen LogP contribution in [0.3, 0.4) is 0 Å². The van der Waals surface area contributed by atoms with E-state index in [2.05, 4.69) is 22.2 Å². The third kappa shape index (κ3) is 5.32.